The summed E-state index contributed by atoms with van der Waals surface area (Å²) in [4.78, 5) is 12.0. The molecule has 162 valence electrons. The number of benzene rings is 1. The van der Waals surface area contributed by atoms with E-state index in [1.54, 1.807) is 16.4 Å². The lowest BCUT2D eigenvalue weighted by atomic mass is 10.1. The highest BCUT2D eigenvalue weighted by Crippen LogP contribution is 2.23. The molecule has 0 fully saturated rings. The number of carbonyl (C=O) groups excluding carboxylic acids is 1. The second-order valence-corrected chi connectivity index (χ2v) is 9.28. The maximum atomic E-state index is 12.0. The molecule has 0 spiro atoms. The molecule has 0 saturated carbocycles. The molecule has 0 unspecified atom stereocenters. The number of tetrazole rings is 1. The molecule has 0 aliphatic heterocycles. The van der Waals surface area contributed by atoms with Crippen molar-refractivity contribution in [2.45, 2.75) is 44.4 Å². The van der Waals surface area contributed by atoms with E-state index in [9.17, 15) is 4.79 Å². The first-order valence-electron chi connectivity index (χ1n) is 9.03. The fourth-order valence-corrected chi connectivity index (χ4v) is 3.55. The molecule has 0 aliphatic rings. The first-order valence-corrected chi connectivity index (χ1v) is 10.8. The van der Waals surface area contributed by atoms with E-state index >= 15 is 0 Å². The summed E-state index contributed by atoms with van der Waals surface area (Å²) in [6.45, 7) is 7.34. The van der Waals surface area contributed by atoms with Crippen LogP contribution in [0.5, 0.6) is 5.75 Å². The van der Waals surface area contributed by atoms with Gasteiger partial charge in [0, 0.05) is 34.9 Å². The number of hydrogen-bond donors (Lipinski definition) is 2. The number of nitrogens with zero attached hydrogens (tertiary/aromatic N) is 4. The average Bonchev–Trinajstić information content (AvgIpc) is 3.00. The van der Waals surface area contributed by atoms with E-state index in [-0.39, 0.29) is 30.5 Å². The Morgan fingerprint density at radius 2 is 2.10 bits per heavy atom. The molecule has 0 aliphatic carbocycles. The Hall–Kier alpha value is -1.36. The van der Waals surface area contributed by atoms with Crippen LogP contribution in [-0.2, 0) is 18.4 Å². The van der Waals surface area contributed by atoms with Gasteiger partial charge >= 0.3 is 0 Å². The van der Waals surface area contributed by atoms with Crippen LogP contribution in [0.25, 0.3) is 0 Å². The molecule has 1 heterocycles. The van der Waals surface area contributed by atoms with E-state index in [1.165, 1.54) is 0 Å². The monoisotopic (exact) mass is 506 g/mol. The molecule has 11 heteroatoms. The number of amides is 1. The molecule has 1 aromatic carbocycles. The summed E-state index contributed by atoms with van der Waals surface area (Å²) in [5.74, 6) is 1.50. The van der Waals surface area contributed by atoms with Gasteiger partial charge in [-0.2, -0.15) is 0 Å². The lowest BCUT2D eigenvalue weighted by molar-refractivity contribution is -0.124. The predicted octanol–water partition coefficient (Wildman–Crippen LogP) is 2.96. The van der Waals surface area contributed by atoms with Crippen LogP contribution < -0.4 is 15.4 Å². The van der Waals surface area contributed by atoms with Crippen molar-refractivity contribution in [3.63, 3.8) is 0 Å². The minimum Gasteiger partial charge on any atom is -0.483 e. The number of carbonyl (C=O) groups is 1. The molecule has 1 amide bonds. The van der Waals surface area contributed by atoms with Crippen molar-refractivity contribution in [2.75, 3.05) is 18.9 Å². The third kappa shape index (κ3) is 9.79. The van der Waals surface area contributed by atoms with Crippen LogP contribution in [-0.4, -0.2) is 50.6 Å². The highest BCUT2D eigenvalue weighted by molar-refractivity contribution is 9.10. The summed E-state index contributed by atoms with van der Waals surface area (Å²) in [6.07, 6.45) is 0.982. The highest BCUT2D eigenvalue weighted by Gasteiger charge is 2.14. The summed E-state index contributed by atoms with van der Waals surface area (Å²) in [5, 5.41) is 18.5. The van der Waals surface area contributed by atoms with Gasteiger partial charge in [-0.05, 0) is 62.4 Å². The smallest absolute Gasteiger partial charge is 0.258 e. The van der Waals surface area contributed by atoms with Crippen molar-refractivity contribution in [2.24, 2.45) is 7.05 Å². The standard InChI is InChI=1S/C18H27BrN6O2S.ClH/c1-18(2,3)21-16(26)12-27-15-7-6-14(19)10-13(15)11-20-8-5-9-28-17-22-23-24-25(17)4;/h6-7,10,20H,5,8-9,11-12H2,1-4H3,(H,21,26);1H. The third-order valence-electron chi connectivity index (χ3n) is 3.52. The van der Waals surface area contributed by atoms with E-state index in [0.717, 1.165) is 33.9 Å². The van der Waals surface area contributed by atoms with Gasteiger partial charge in [-0.1, -0.05) is 27.7 Å². The molecular formula is C18H28BrClN6O2S. The maximum absolute atomic E-state index is 12.0. The number of hydrogen-bond acceptors (Lipinski definition) is 7. The summed E-state index contributed by atoms with van der Waals surface area (Å²) >= 11 is 5.12. The van der Waals surface area contributed by atoms with Gasteiger partial charge < -0.3 is 15.4 Å². The summed E-state index contributed by atoms with van der Waals surface area (Å²) in [7, 11) is 1.83. The van der Waals surface area contributed by atoms with E-state index in [1.807, 2.05) is 46.0 Å². The Morgan fingerprint density at radius 1 is 1.34 bits per heavy atom. The molecule has 1 aromatic heterocycles. The van der Waals surface area contributed by atoms with Gasteiger partial charge in [0.1, 0.15) is 5.75 Å². The van der Waals surface area contributed by atoms with Crippen LogP contribution in [0.1, 0.15) is 32.8 Å². The molecule has 0 radical (unpaired) electrons. The van der Waals surface area contributed by atoms with Crippen LogP contribution in [0.4, 0.5) is 0 Å². The fourth-order valence-electron chi connectivity index (χ4n) is 2.35. The van der Waals surface area contributed by atoms with Crippen molar-refractivity contribution < 1.29 is 9.53 Å². The van der Waals surface area contributed by atoms with E-state index < -0.39 is 0 Å². The van der Waals surface area contributed by atoms with E-state index in [0.29, 0.717) is 12.3 Å². The van der Waals surface area contributed by atoms with Crippen LogP contribution in [0.2, 0.25) is 0 Å². The lowest BCUT2D eigenvalue weighted by Gasteiger charge is -2.21. The zero-order valence-corrected chi connectivity index (χ0v) is 20.3. The van der Waals surface area contributed by atoms with Gasteiger partial charge in [-0.25, -0.2) is 4.68 Å². The summed E-state index contributed by atoms with van der Waals surface area (Å²) in [6, 6.07) is 5.79. The largest absolute Gasteiger partial charge is 0.483 e. The Labute approximate surface area is 190 Å². The molecular weight excluding hydrogens is 480 g/mol. The number of rotatable bonds is 10. The van der Waals surface area contributed by atoms with Crippen LogP contribution in [0.3, 0.4) is 0 Å². The Morgan fingerprint density at radius 3 is 2.76 bits per heavy atom. The molecule has 8 nitrogen and oxygen atoms in total. The predicted molar refractivity (Wildman–Crippen MR) is 121 cm³/mol. The molecule has 29 heavy (non-hydrogen) atoms. The van der Waals surface area contributed by atoms with Crippen molar-refractivity contribution in [1.29, 1.82) is 0 Å². The molecule has 2 N–H and O–H groups in total. The Balaban J connectivity index is 0.00000420. The number of ether oxygens (including phenoxy) is 1. The van der Waals surface area contributed by atoms with Crippen molar-refractivity contribution in [3.8, 4) is 5.75 Å². The van der Waals surface area contributed by atoms with Crippen molar-refractivity contribution >= 4 is 46.0 Å². The first-order chi connectivity index (χ1) is 13.2. The van der Waals surface area contributed by atoms with Gasteiger partial charge in [-0.15, -0.1) is 17.5 Å². The zero-order chi connectivity index (χ0) is 20.6. The second-order valence-electron chi connectivity index (χ2n) is 7.30. The van der Waals surface area contributed by atoms with Gasteiger partial charge in [-0.3, -0.25) is 4.79 Å². The lowest BCUT2D eigenvalue weighted by Crippen LogP contribution is -2.43. The molecule has 2 rings (SSSR count). The molecule has 2 aromatic rings. The topological polar surface area (TPSA) is 94.0 Å². The van der Waals surface area contributed by atoms with E-state index in [2.05, 4.69) is 42.1 Å². The minimum atomic E-state index is -0.274. The van der Waals surface area contributed by atoms with Crippen molar-refractivity contribution in [3.05, 3.63) is 28.2 Å². The highest BCUT2D eigenvalue weighted by atomic mass is 79.9. The van der Waals surface area contributed by atoms with Crippen molar-refractivity contribution in [1.82, 2.24) is 30.8 Å². The van der Waals surface area contributed by atoms with Gasteiger partial charge in [0.2, 0.25) is 5.16 Å². The average molecular weight is 508 g/mol. The number of halogens is 2. The SMILES string of the molecule is Cl.Cn1nnnc1SCCCNCc1cc(Br)ccc1OCC(=O)NC(C)(C)C. The normalized spacial score (nSPS) is 11.1. The van der Waals surface area contributed by atoms with Gasteiger partial charge in [0.25, 0.3) is 5.91 Å². The van der Waals surface area contributed by atoms with Crippen LogP contribution >= 0.6 is 40.1 Å². The quantitative estimate of drug-likeness (QED) is 0.377. The molecule has 0 bridgehead atoms. The fraction of sp³-hybridized carbons (Fsp3) is 0.556. The second kappa shape index (κ2) is 12.4. The van der Waals surface area contributed by atoms with E-state index in [4.69, 9.17) is 4.74 Å². The Bertz CT molecular complexity index is 784. The van der Waals surface area contributed by atoms with Crippen LogP contribution in [0.15, 0.2) is 27.8 Å². The van der Waals surface area contributed by atoms with Gasteiger partial charge in [0.15, 0.2) is 6.61 Å². The molecule has 0 saturated heterocycles. The number of aromatic nitrogens is 4. The summed E-state index contributed by atoms with van der Waals surface area (Å²) < 4.78 is 8.38. The summed E-state index contributed by atoms with van der Waals surface area (Å²) in [5.41, 5.74) is 0.729. The number of thioether (sulfide) groups is 1. The molecule has 0 atom stereocenters. The first kappa shape index (κ1) is 25.7. The zero-order valence-electron chi connectivity index (χ0n) is 17.1. The van der Waals surface area contributed by atoms with Crippen LogP contribution in [0, 0.1) is 0 Å². The number of aryl methyl sites for hydroxylation is 1. The number of nitrogens with one attached hydrogen (secondary N) is 2. The Kier molecular flexibility index (Phi) is 10.9. The third-order valence-corrected chi connectivity index (χ3v) is 5.11. The van der Waals surface area contributed by atoms with Gasteiger partial charge in [0.05, 0.1) is 0 Å². The maximum Gasteiger partial charge on any atom is 0.258 e. The minimum absolute atomic E-state index is 0.